The Balaban J connectivity index is 1.66. The summed E-state index contributed by atoms with van der Waals surface area (Å²) in [5.41, 5.74) is 1.03. The van der Waals surface area contributed by atoms with Gasteiger partial charge in [-0.25, -0.2) is 14.8 Å². The molecular formula is C21H24BrF3N2O3. The normalized spacial score (nSPS) is 11.5. The summed E-state index contributed by atoms with van der Waals surface area (Å²) in [6.07, 6.45) is 1.91. The van der Waals surface area contributed by atoms with Crippen LogP contribution < -0.4 is 4.74 Å². The molecule has 0 bridgehead atoms. The fourth-order valence-corrected chi connectivity index (χ4v) is 3.29. The number of carboxylic acids is 1. The minimum Gasteiger partial charge on any atom is -0.494 e. The van der Waals surface area contributed by atoms with Gasteiger partial charge in [-0.1, -0.05) is 32.1 Å². The number of halogens is 4. The molecule has 0 aliphatic carbocycles. The zero-order valence-corrected chi connectivity index (χ0v) is 18.0. The minimum atomic E-state index is -4.04. The van der Waals surface area contributed by atoms with Gasteiger partial charge in [-0.2, -0.15) is 13.2 Å². The van der Waals surface area contributed by atoms with Gasteiger partial charge < -0.3 is 9.84 Å². The molecule has 0 saturated heterocycles. The molecule has 0 atom stereocenters. The van der Waals surface area contributed by atoms with Gasteiger partial charge in [-0.3, -0.25) is 0 Å². The molecule has 5 nitrogen and oxygen atoms in total. The largest absolute Gasteiger partial charge is 0.494 e. The van der Waals surface area contributed by atoms with Crippen molar-refractivity contribution >= 4 is 21.9 Å². The van der Waals surface area contributed by atoms with E-state index in [2.05, 4.69) is 25.9 Å². The van der Waals surface area contributed by atoms with Crippen LogP contribution in [-0.2, 0) is 0 Å². The molecule has 30 heavy (non-hydrogen) atoms. The Morgan fingerprint density at radius 2 is 1.60 bits per heavy atom. The summed E-state index contributed by atoms with van der Waals surface area (Å²) < 4.78 is 42.3. The SMILES string of the molecule is O=C(O)c1cnc(Br)c(-c2ccc(OCCCCCCCCCC(F)(F)F)cc2)n1. The van der Waals surface area contributed by atoms with Crippen LogP contribution in [0, 0.1) is 0 Å². The molecule has 164 valence electrons. The second kappa shape index (κ2) is 11.9. The number of nitrogens with zero attached hydrogens (tertiary/aromatic N) is 2. The molecule has 1 aromatic carbocycles. The molecule has 0 amide bonds. The maximum atomic E-state index is 12.0. The maximum Gasteiger partial charge on any atom is 0.389 e. The van der Waals surface area contributed by atoms with Gasteiger partial charge in [0.05, 0.1) is 12.8 Å². The number of carboxylic acid groups (broad SMARTS) is 1. The Morgan fingerprint density at radius 1 is 1.00 bits per heavy atom. The molecule has 0 aliphatic heterocycles. The topological polar surface area (TPSA) is 72.3 Å². The van der Waals surface area contributed by atoms with Crippen LogP contribution in [0.4, 0.5) is 13.2 Å². The van der Waals surface area contributed by atoms with Crippen LogP contribution in [0.1, 0.15) is 61.9 Å². The van der Waals surface area contributed by atoms with Gasteiger partial charge in [0.2, 0.25) is 0 Å². The predicted molar refractivity (Wildman–Crippen MR) is 111 cm³/mol. The number of aromatic nitrogens is 2. The third kappa shape index (κ3) is 8.69. The highest BCUT2D eigenvalue weighted by atomic mass is 79.9. The van der Waals surface area contributed by atoms with Crippen molar-refractivity contribution in [2.24, 2.45) is 0 Å². The fraction of sp³-hybridized carbons (Fsp3) is 0.476. The monoisotopic (exact) mass is 488 g/mol. The Hall–Kier alpha value is -2.16. The molecule has 0 aliphatic rings. The van der Waals surface area contributed by atoms with Gasteiger partial charge in [0.25, 0.3) is 0 Å². The van der Waals surface area contributed by atoms with Crippen molar-refractivity contribution in [3.63, 3.8) is 0 Å². The van der Waals surface area contributed by atoms with Crippen molar-refractivity contribution in [1.82, 2.24) is 9.97 Å². The molecule has 0 radical (unpaired) electrons. The smallest absolute Gasteiger partial charge is 0.389 e. The number of ether oxygens (including phenoxy) is 1. The lowest BCUT2D eigenvalue weighted by atomic mass is 10.1. The molecule has 2 rings (SSSR count). The predicted octanol–water partition coefficient (Wildman–Crippen LogP) is 6.67. The van der Waals surface area contributed by atoms with Gasteiger partial charge in [0, 0.05) is 12.0 Å². The highest BCUT2D eigenvalue weighted by molar-refractivity contribution is 9.10. The van der Waals surface area contributed by atoms with Gasteiger partial charge in [0.1, 0.15) is 16.0 Å². The van der Waals surface area contributed by atoms with Crippen LogP contribution in [0.25, 0.3) is 11.3 Å². The molecular weight excluding hydrogens is 465 g/mol. The number of unbranched alkanes of at least 4 members (excludes halogenated alkanes) is 6. The summed E-state index contributed by atoms with van der Waals surface area (Å²) >= 11 is 3.28. The third-order valence-corrected chi connectivity index (χ3v) is 5.03. The first-order chi connectivity index (χ1) is 14.3. The number of aromatic carboxylic acids is 1. The summed E-state index contributed by atoms with van der Waals surface area (Å²) in [5.74, 6) is -0.443. The van der Waals surface area contributed by atoms with Crippen molar-refractivity contribution in [1.29, 1.82) is 0 Å². The van der Waals surface area contributed by atoms with Gasteiger partial charge in [-0.05, 0) is 53.0 Å². The van der Waals surface area contributed by atoms with Crippen molar-refractivity contribution in [2.75, 3.05) is 6.61 Å². The second-order valence-corrected chi connectivity index (χ2v) is 7.66. The van der Waals surface area contributed by atoms with Crippen molar-refractivity contribution < 1.29 is 27.8 Å². The van der Waals surface area contributed by atoms with E-state index in [4.69, 9.17) is 9.84 Å². The van der Waals surface area contributed by atoms with E-state index >= 15 is 0 Å². The molecule has 1 aromatic heterocycles. The van der Waals surface area contributed by atoms with Crippen LogP contribution in [0.15, 0.2) is 35.1 Å². The van der Waals surface area contributed by atoms with Crippen LogP contribution in [0.3, 0.4) is 0 Å². The molecule has 1 N–H and O–H groups in total. The van der Waals surface area contributed by atoms with Crippen molar-refractivity contribution in [3.8, 4) is 17.0 Å². The van der Waals surface area contributed by atoms with Crippen molar-refractivity contribution in [2.45, 2.75) is 57.5 Å². The third-order valence-electron chi connectivity index (χ3n) is 4.45. The first kappa shape index (κ1) is 24.1. The molecule has 0 spiro atoms. The maximum absolute atomic E-state index is 12.0. The van der Waals surface area contributed by atoms with E-state index in [0.717, 1.165) is 37.7 Å². The van der Waals surface area contributed by atoms with Crippen LogP contribution in [-0.4, -0.2) is 33.8 Å². The first-order valence-corrected chi connectivity index (χ1v) is 10.6. The van der Waals surface area contributed by atoms with E-state index in [1.165, 1.54) is 6.20 Å². The van der Waals surface area contributed by atoms with Crippen molar-refractivity contribution in [3.05, 3.63) is 40.8 Å². The Bertz CT molecular complexity index is 814. The zero-order chi connectivity index (χ0) is 22.0. The lowest BCUT2D eigenvalue weighted by Crippen LogP contribution is -2.06. The summed E-state index contributed by atoms with van der Waals surface area (Å²) in [6.45, 7) is 0.561. The molecule has 0 saturated carbocycles. The zero-order valence-electron chi connectivity index (χ0n) is 16.4. The highest BCUT2D eigenvalue weighted by Gasteiger charge is 2.25. The Kier molecular flexibility index (Phi) is 9.55. The second-order valence-electron chi connectivity index (χ2n) is 6.91. The first-order valence-electron chi connectivity index (χ1n) is 9.82. The quantitative estimate of drug-likeness (QED) is 0.338. The van der Waals surface area contributed by atoms with E-state index in [-0.39, 0.29) is 12.1 Å². The number of hydrogen-bond acceptors (Lipinski definition) is 4. The van der Waals surface area contributed by atoms with Crippen LogP contribution in [0.5, 0.6) is 5.75 Å². The van der Waals surface area contributed by atoms with E-state index in [9.17, 15) is 18.0 Å². The lowest BCUT2D eigenvalue weighted by Gasteiger charge is -2.08. The van der Waals surface area contributed by atoms with E-state index in [1.807, 2.05) is 0 Å². The van der Waals surface area contributed by atoms with Crippen LogP contribution >= 0.6 is 15.9 Å². The van der Waals surface area contributed by atoms with Gasteiger partial charge in [-0.15, -0.1) is 0 Å². The number of benzene rings is 1. The molecule has 9 heteroatoms. The standard InChI is InChI=1S/C21H24BrF3N2O3/c22-19-18(27-17(14-26-19)20(28)29)15-8-10-16(11-9-15)30-13-7-5-3-1-2-4-6-12-21(23,24)25/h8-11,14H,1-7,12-13H2,(H,28,29). The van der Waals surface area contributed by atoms with Gasteiger partial charge >= 0.3 is 12.1 Å². The highest BCUT2D eigenvalue weighted by Crippen LogP contribution is 2.27. The Labute approximate surface area is 181 Å². The average molecular weight is 489 g/mol. The number of hydrogen-bond donors (Lipinski definition) is 1. The molecule has 2 aromatic rings. The van der Waals surface area contributed by atoms with Gasteiger partial charge in [0.15, 0.2) is 5.69 Å². The van der Waals surface area contributed by atoms with E-state index in [0.29, 0.717) is 29.1 Å². The minimum absolute atomic E-state index is 0.131. The average Bonchev–Trinajstić information content (AvgIpc) is 2.69. The molecule has 1 heterocycles. The molecule has 0 unspecified atom stereocenters. The number of rotatable bonds is 12. The fourth-order valence-electron chi connectivity index (χ4n) is 2.87. The number of alkyl halides is 3. The lowest BCUT2D eigenvalue weighted by molar-refractivity contribution is -0.135. The molecule has 0 fully saturated rings. The summed E-state index contributed by atoms with van der Waals surface area (Å²) in [5, 5.41) is 9.05. The van der Waals surface area contributed by atoms with E-state index < -0.39 is 18.6 Å². The van der Waals surface area contributed by atoms with E-state index in [1.54, 1.807) is 24.3 Å². The summed E-state index contributed by atoms with van der Waals surface area (Å²) in [4.78, 5) is 19.2. The Morgan fingerprint density at radius 3 is 2.20 bits per heavy atom. The summed E-state index contributed by atoms with van der Waals surface area (Å²) in [7, 11) is 0. The summed E-state index contributed by atoms with van der Waals surface area (Å²) in [6, 6.07) is 7.16. The van der Waals surface area contributed by atoms with Crippen LogP contribution in [0.2, 0.25) is 0 Å². The number of carbonyl (C=O) groups is 1.